The first-order valence-corrected chi connectivity index (χ1v) is 11.8. The maximum atomic E-state index is 12.8. The van der Waals surface area contributed by atoms with Crippen molar-refractivity contribution in [2.45, 2.75) is 63.0 Å². The van der Waals surface area contributed by atoms with Gasteiger partial charge < -0.3 is 15.7 Å². The summed E-state index contributed by atoms with van der Waals surface area (Å²) < 4.78 is 40.6. The van der Waals surface area contributed by atoms with Crippen molar-refractivity contribution < 1.29 is 27.9 Å². The lowest BCUT2D eigenvalue weighted by molar-refractivity contribution is -0.137. The predicted molar refractivity (Wildman–Crippen MR) is 122 cm³/mol. The van der Waals surface area contributed by atoms with E-state index in [9.17, 15) is 27.9 Å². The van der Waals surface area contributed by atoms with Crippen LogP contribution < -0.4 is 10.6 Å². The molecule has 35 heavy (non-hydrogen) atoms. The summed E-state index contributed by atoms with van der Waals surface area (Å²) in [5, 5.41) is 20.1. The third kappa shape index (κ3) is 6.21. The fourth-order valence-corrected chi connectivity index (χ4v) is 4.94. The number of carbonyl (C=O) groups excluding carboxylic acids is 2. The van der Waals surface area contributed by atoms with E-state index in [-0.39, 0.29) is 5.56 Å². The standard InChI is InChI=1S/C24H30F3N5O3/c1-15-9-10-32(30-15)19-7-5-18(6-8-19)31-13-20(21(33)14-31)29-22(34)12-28-23(35)16-3-2-4-17(11-16)24(25,26)27/h2-4,9-11,18-21,33H,5-8,12-14H2,1H3,(H,28,35)(H,29,34)/t18?,19?,20-,21-/m0/s1. The molecule has 2 aliphatic rings. The second-order valence-electron chi connectivity index (χ2n) is 9.36. The first kappa shape index (κ1) is 25.2. The largest absolute Gasteiger partial charge is 0.416 e. The van der Waals surface area contributed by atoms with E-state index in [4.69, 9.17) is 0 Å². The van der Waals surface area contributed by atoms with Crippen molar-refractivity contribution in [3.8, 4) is 0 Å². The Morgan fingerprint density at radius 1 is 1.11 bits per heavy atom. The smallest absolute Gasteiger partial charge is 0.390 e. The molecule has 1 saturated heterocycles. The highest BCUT2D eigenvalue weighted by Gasteiger charge is 2.37. The highest BCUT2D eigenvalue weighted by atomic mass is 19.4. The Labute approximate surface area is 201 Å². The molecule has 2 fully saturated rings. The third-order valence-corrected chi connectivity index (χ3v) is 6.82. The third-order valence-electron chi connectivity index (χ3n) is 6.82. The molecule has 8 nitrogen and oxygen atoms in total. The van der Waals surface area contributed by atoms with Gasteiger partial charge in [-0.2, -0.15) is 18.3 Å². The van der Waals surface area contributed by atoms with Crippen LogP contribution in [0.25, 0.3) is 0 Å². The molecule has 2 heterocycles. The normalized spacial score (nSPS) is 25.4. The van der Waals surface area contributed by atoms with Crippen molar-refractivity contribution in [2.24, 2.45) is 0 Å². The summed E-state index contributed by atoms with van der Waals surface area (Å²) in [6, 6.07) is 6.24. The van der Waals surface area contributed by atoms with Crippen molar-refractivity contribution >= 4 is 11.8 Å². The van der Waals surface area contributed by atoms with Crippen LogP contribution in [-0.2, 0) is 11.0 Å². The highest BCUT2D eigenvalue weighted by Crippen LogP contribution is 2.32. The molecule has 11 heteroatoms. The van der Waals surface area contributed by atoms with Gasteiger partial charge >= 0.3 is 6.18 Å². The number of aromatic nitrogens is 2. The zero-order valence-corrected chi connectivity index (χ0v) is 19.5. The SMILES string of the molecule is Cc1ccn(C2CCC(N3C[C@H](NC(=O)CNC(=O)c4cccc(C(F)(F)F)c4)[C@@H](O)C3)CC2)n1. The van der Waals surface area contributed by atoms with Crippen LogP contribution >= 0.6 is 0 Å². The molecular weight excluding hydrogens is 463 g/mol. The van der Waals surface area contributed by atoms with Gasteiger partial charge in [0.05, 0.1) is 36.0 Å². The second kappa shape index (κ2) is 10.4. The van der Waals surface area contributed by atoms with E-state index < -0.39 is 42.2 Å². The Balaban J connectivity index is 1.23. The lowest BCUT2D eigenvalue weighted by Gasteiger charge is -2.34. The van der Waals surface area contributed by atoms with Gasteiger partial charge in [0.2, 0.25) is 5.91 Å². The van der Waals surface area contributed by atoms with Crippen molar-refractivity contribution in [1.82, 2.24) is 25.3 Å². The zero-order valence-electron chi connectivity index (χ0n) is 19.5. The number of benzene rings is 1. The molecule has 0 bridgehead atoms. The van der Waals surface area contributed by atoms with E-state index in [2.05, 4.69) is 20.6 Å². The fraction of sp³-hybridized carbons (Fsp3) is 0.542. The molecule has 3 N–H and O–H groups in total. The average molecular weight is 494 g/mol. The molecule has 2 atom stereocenters. The summed E-state index contributed by atoms with van der Waals surface area (Å²) in [5.74, 6) is -1.28. The van der Waals surface area contributed by atoms with E-state index >= 15 is 0 Å². The van der Waals surface area contributed by atoms with E-state index in [0.29, 0.717) is 25.2 Å². The molecule has 0 unspecified atom stereocenters. The zero-order chi connectivity index (χ0) is 25.2. The minimum atomic E-state index is -4.56. The average Bonchev–Trinajstić information content (AvgIpc) is 3.42. The number of nitrogens with zero attached hydrogens (tertiary/aromatic N) is 3. The summed E-state index contributed by atoms with van der Waals surface area (Å²) >= 11 is 0. The van der Waals surface area contributed by atoms with E-state index in [1.807, 2.05) is 23.9 Å². The van der Waals surface area contributed by atoms with E-state index in [1.165, 1.54) is 6.07 Å². The lowest BCUT2D eigenvalue weighted by Crippen LogP contribution is -2.47. The summed E-state index contributed by atoms with van der Waals surface area (Å²) in [6.45, 7) is 2.54. The second-order valence-corrected chi connectivity index (χ2v) is 9.36. The molecule has 190 valence electrons. The number of likely N-dealkylation sites (tertiary alicyclic amines) is 1. The molecule has 2 aromatic rings. The number of halogens is 3. The van der Waals surface area contributed by atoms with Crippen molar-refractivity contribution in [2.75, 3.05) is 19.6 Å². The van der Waals surface area contributed by atoms with E-state index in [1.54, 1.807) is 0 Å². The quantitative estimate of drug-likeness (QED) is 0.574. The van der Waals surface area contributed by atoms with Crippen molar-refractivity contribution in [3.05, 3.63) is 53.3 Å². The molecule has 1 aromatic heterocycles. The number of aliphatic hydroxyl groups excluding tert-OH is 1. The summed E-state index contributed by atoms with van der Waals surface area (Å²) in [4.78, 5) is 26.7. The highest BCUT2D eigenvalue weighted by molar-refractivity contribution is 5.96. The minimum absolute atomic E-state index is 0.180. The summed E-state index contributed by atoms with van der Waals surface area (Å²) in [6.07, 6.45) is 0.666. The van der Waals surface area contributed by atoms with Gasteiger partial charge in [0.25, 0.3) is 5.91 Å². The fourth-order valence-electron chi connectivity index (χ4n) is 4.94. The van der Waals surface area contributed by atoms with Gasteiger partial charge in [-0.1, -0.05) is 6.07 Å². The minimum Gasteiger partial charge on any atom is -0.390 e. The molecule has 0 radical (unpaired) electrons. The molecule has 0 spiro atoms. The molecule has 4 rings (SSSR count). The Bertz CT molecular complexity index is 1050. The number of alkyl halides is 3. The van der Waals surface area contributed by atoms with Crippen LogP contribution in [0.1, 0.15) is 53.3 Å². The van der Waals surface area contributed by atoms with Gasteiger partial charge in [-0.3, -0.25) is 19.2 Å². The van der Waals surface area contributed by atoms with Crippen LogP contribution in [0.4, 0.5) is 13.2 Å². The predicted octanol–water partition coefficient (Wildman–Crippen LogP) is 2.29. The number of rotatable bonds is 6. The number of carbonyl (C=O) groups is 2. The maximum absolute atomic E-state index is 12.8. The number of β-amino-alcohol motifs (C(OH)–C–C–N with tert-alkyl or cyclic N) is 1. The van der Waals surface area contributed by atoms with Gasteiger partial charge in [-0.25, -0.2) is 0 Å². The van der Waals surface area contributed by atoms with E-state index in [0.717, 1.165) is 49.6 Å². The molecular formula is C24H30F3N5O3. The molecule has 1 aromatic carbocycles. The number of aliphatic hydroxyl groups is 1. The van der Waals surface area contributed by atoms with Crippen LogP contribution in [0.3, 0.4) is 0 Å². The summed E-state index contributed by atoms with van der Waals surface area (Å²) in [5.41, 5.74) is -0.113. The lowest BCUT2D eigenvalue weighted by atomic mass is 9.90. The Hall–Kier alpha value is -2.92. The van der Waals surface area contributed by atoms with Crippen LogP contribution in [0.15, 0.2) is 36.5 Å². The first-order valence-electron chi connectivity index (χ1n) is 11.8. The Kier molecular flexibility index (Phi) is 7.46. The van der Waals surface area contributed by atoms with Crippen LogP contribution in [-0.4, -0.2) is 69.4 Å². The van der Waals surface area contributed by atoms with Crippen LogP contribution in [0, 0.1) is 6.92 Å². The molecule has 2 amide bonds. The number of nitrogens with one attached hydrogen (secondary N) is 2. The van der Waals surface area contributed by atoms with Crippen LogP contribution in [0.5, 0.6) is 0 Å². The van der Waals surface area contributed by atoms with Gasteiger partial charge in [-0.05, 0) is 56.9 Å². The number of amides is 2. The number of hydrogen-bond donors (Lipinski definition) is 3. The maximum Gasteiger partial charge on any atom is 0.416 e. The number of aryl methyl sites for hydroxylation is 1. The van der Waals surface area contributed by atoms with Gasteiger partial charge in [-0.15, -0.1) is 0 Å². The van der Waals surface area contributed by atoms with Crippen molar-refractivity contribution in [1.29, 1.82) is 0 Å². The van der Waals surface area contributed by atoms with Gasteiger partial charge in [0.15, 0.2) is 0 Å². The Morgan fingerprint density at radius 2 is 1.83 bits per heavy atom. The van der Waals surface area contributed by atoms with Crippen LogP contribution in [0.2, 0.25) is 0 Å². The van der Waals surface area contributed by atoms with Gasteiger partial charge in [0, 0.05) is 30.9 Å². The first-order chi connectivity index (χ1) is 16.6. The topological polar surface area (TPSA) is 99.5 Å². The van der Waals surface area contributed by atoms with Crippen molar-refractivity contribution in [3.63, 3.8) is 0 Å². The molecule has 1 aliphatic heterocycles. The van der Waals surface area contributed by atoms with Gasteiger partial charge in [0.1, 0.15) is 0 Å². The molecule has 1 saturated carbocycles. The number of hydrogen-bond acceptors (Lipinski definition) is 5. The molecule has 1 aliphatic carbocycles. The summed E-state index contributed by atoms with van der Waals surface area (Å²) in [7, 11) is 0. The monoisotopic (exact) mass is 493 g/mol. The Morgan fingerprint density at radius 3 is 2.49 bits per heavy atom.